The summed E-state index contributed by atoms with van der Waals surface area (Å²) in [6.45, 7) is 2.14. The van der Waals surface area contributed by atoms with E-state index in [9.17, 15) is 0 Å². The highest BCUT2D eigenvalue weighted by molar-refractivity contribution is 9.10. The van der Waals surface area contributed by atoms with Gasteiger partial charge in [-0.3, -0.25) is 4.99 Å². The molecule has 1 fully saturated rings. The predicted octanol–water partition coefficient (Wildman–Crippen LogP) is 4.52. The van der Waals surface area contributed by atoms with Crippen LogP contribution >= 0.6 is 28.1 Å². The van der Waals surface area contributed by atoms with E-state index in [0.717, 1.165) is 53.7 Å². The second-order valence-corrected chi connectivity index (χ2v) is 8.59. The van der Waals surface area contributed by atoms with E-state index in [4.69, 9.17) is 21.9 Å². The van der Waals surface area contributed by atoms with Crippen LogP contribution in [0.15, 0.2) is 27.7 Å². The summed E-state index contributed by atoms with van der Waals surface area (Å²) >= 11 is 9.28. The third-order valence-corrected chi connectivity index (χ3v) is 7.01. The van der Waals surface area contributed by atoms with Crippen LogP contribution in [0.2, 0.25) is 0 Å². The van der Waals surface area contributed by atoms with Crippen molar-refractivity contribution >= 4 is 38.8 Å². The van der Waals surface area contributed by atoms with Crippen molar-refractivity contribution in [3.63, 3.8) is 0 Å². The summed E-state index contributed by atoms with van der Waals surface area (Å²) in [5.41, 5.74) is 3.48. The Morgan fingerprint density at radius 1 is 1.38 bits per heavy atom. The Morgan fingerprint density at radius 2 is 2.12 bits per heavy atom. The number of methoxy groups -OCH3 is 1. The topological polar surface area (TPSA) is 33.6 Å². The zero-order chi connectivity index (χ0) is 16.9. The van der Waals surface area contributed by atoms with Gasteiger partial charge in [-0.15, -0.1) is 0 Å². The van der Waals surface area contributed by atoms with Gasteiger partial charge in [0, 0.05) is 22.6 Å². The van der Waals surface area contributed by atoms with Gasteiger partial charge in [-0.1, -0.05) is 41.1 Å². The number of nitrogens with one attached hydrogen (secondary N) is 1. The summed E-state index contributed by atoms with van der Waals surface area (Å²) in [4.78, 5) is 6.06. The maximum atomic E-state index is 5.63. The molecular formula is C19H23BrN2OS. The zero-order valence-corrected chi connectivity index (χ0v) is 16.6. The maximum absolute atomic E-state index is 5.63. The van der Waals surface area contributed by atoms with E-state index in [0.29, 0.717) is 6.10 Å². The Bertz CT molecular complexity index is 724. The molecule has 128 valence electrons. The number of thiocarbonyl (C=S) groups is 1. The van der Waals surface area contributed by atoms with E-state index in [-0.39, 0.29) is 11.1 Å². The van der Waals surface area contributed by atoms with Crippen molar-refractivity contribution in [2.24, 2.45) is 10.4 Å². The van der Waals surface area contributed by atoms with Gasteiger partial charge in [-0.25, -0.2) is 0 Å². The largest absolute Gasteiger partial charge is 0.381 e. The molecular weight excluding hydrogens is 384 g/mol. The Morgan fingerprint density at radius 3 is 2.75 bits per heavy atom. The molecule has 3 aliphatic rings. The monoisotopic (exact) mass is 406 g/mol. The zero-order valence-electron chi connectivity index (χ0n) is 14.2. The minimum absolute atomic E-state index is 0.103. The van der Waals surface area contributed by atoms with E-state index in [1.165, 1.54) is 11.1 Å². The average molecular weight is 407 g/mol. The van der Waals surface area contributed by atoms with E-state index in [1.807, 2.05) is 7.11 Å². The van der Waals surface area contributed by atoms with Crippen LogP contribution in [0.5, 0.6) is 0 Å². The van der Waals surface area contributed by atoms with Crippen molar-refractivity contribution in [3.8, 4) is 0 Å². The van der Waals surface area contributed by atoms with E-state index < -0.39 is 0 Å². The summed E-state index contributed by atoms with van der Waals surface area (Å²) < 4.78 is 6.72. The summed E-state index contributed by atoms with van der Waals surface area (Å²) in [6.07, 6.45) is 6.76. The Kier molecular flexibility index (Phi) is 4.09. The highest BCUT2D eigenvalue weighted by atomic mass is 79.9. The quantitative estimate of drug-likeness (QED) is 0.733. The molecule has 0 saturated heterocycles. The number of benzene rings is 1. The summed E-state index contributed by atoms with van der Waals surface area (Å²) in [6, 6.07) is 6.64. The van der Waals surface area contributed by atoms with Crippen molar-refractivity contribution in [1.82, 2.24) is 5.32 Å². The van der Waals surface area contributed by atoms with Crippen molar-refractivity contribution in [1.29, 1.82) is 0 Å². The minimum Gasteiger partial charge on any atom is -0.381 e. The van der Waals surface area contributed by atoms with Gasteiger partial charge in [0.05, 0.1) is 11.8 Å². The molecule has 2 spiro atoms. The molecule has 2 aliphatic carbocycles. The van der Waals surface area contributed by atoms with Gasteiger partial charge in [0.1, 0.15) is 4.99 Å². The highest BCUT2D eigenvalue weighted by Crippen LogP contribution is 2.60. The number of rotatable bonds is 2. The Hall–Kier alpha value is -0.780. The molecule has 0 amide bonds. The second-order valence-electron chi connectivity index (χ2n) is 7.27. The predicted molar refractivity (Wildman–Crippen MR) is 105 cm³/mol. The smallest absolute Gasteiger partial charge is 0.162 e. The Labute approximate surface area is 157 Å². The fraction of sp³-hybridized carbons (Fsp3) is 0.579. The van der Waals surface area contributed by atoms with Crippen LogP contribution in [-0.4, -0.2) is 23.9 Å². The normalized spacial score (nSPS) is 34.5. The van der Waals surface area contributed by atoms with Crippen molar-refractivity contribution < 1.29 is 4.74 Å². The lowest BCUT2D eigenvalue weighted by atomic mass is 9.65. The number of halogens is 1. The molecule has 1 aliphatic heterocycles. The summed E-state index contributed by atoms with van der Waals surface area (Å²) in [5.74, 6) is 0. The molecule has 24 heavy (non-hydrogen) atoms. The highest BCUT2D eigenvalue weighted by Gasteiger charge is 2.61. The molecule has 5 heteroatoms. The first kappa shape index (κ1) is 16.7. The molecule has 0 radical (unpaired) electrons. The van der Waals surface area contributed by atoms with Crippen LogP contribution in [0, 0.1) is 5.41 Å². The van der Waals surface area contributed by atoms with Crippen LogP contribution in [0.25, 0.3) is 0 Å². The fourth-order valence-corrected chi connectivity index (χ4v) is 5.57. The third kappa shape index (κ3) is 2.24. The van der Waals surface area contributed by atoms with E-state index >= 15 is 0 Å². The molecule has 0 bridgehead atoms. The number of hydrogen-bond donors (Lipinski definition) is 1. The van der Waals surface area contributed by atoms with Gasteiger partial charge in [0.25, 0.3) is 0 Å². The van der Waals surface area contributed by atoms with Crippen molar-refractivity contribution in [2.45, 2.75) is 57.2 Å². The molecule has 3 nitrogen and oxygen atoms in total. The van der Waals surface area contributed by atoms with E-state index in [1.54, 1.807) is 0 Å². The molecule has 1 heterocycles. The SMILES string of the molecule is CCC1=NC2(NC1=S)c1cc(Br)ccc1CC21CCC(OC)CC1. The van der Waals surface area contributed by atoms with Gasteiger partial charge in [0.2, 0.25) is 0 Å². The summed E-state index contributed by atoms with van der Waals surface area (Å²) in [5, 5.41) is 3.67. The molecule has 0 aromatic heterocycles. The van der Waals surface area contributed by atoms with Gasteiger partial charge in [0.15, 0.2) is 5.66 Å². The maximum Gasteiger partial charge on any atom is 0.162 e. The van der Waals surface area contributed by atoms with Gasteiger partial charge in [-0.2, -0.15) is 0 Å². The number of fused-ring (bicyclic) bond motifs is 3. The second kappa shape index (κ2) is 5.89. The van der Waals surface area contributed by atoms with Crippen LogP contribution in [0.3, 0.4) is 0 Å². The van der Waals surface area contributed by atoms with Crippen LogP contribution < -0.4 is 5.32 Å². The first-order chi connectivity index (χ1) is 11.5. The first-order valence-electron chi connectivity index (χ1n) is 8.76. The van der Waals surface area contributed by atoms with Gasteiger partial charge < -0.3 is 10.1 Å². The average Bonchev–Trinajstić information content (AvgIpc) is 3.06. The van der Waals surface area contributed by atoms with Crippen LogP contribution in [0.1, 0.15) is 50.2 Å². The lowest BCUT2D eigenvalue weighted by Crippen LogP contribution is -2.52. The van der Waals surface area contributed by atoms with Crippen LogP contribution in [-0.2, 0) is 16.8 Å². The third-order valence-electron chi connectivity index (χ3n) is 6.18. The lowest BCUT2D eigenvalue weighted by Gasteiger charge is -2.46. The Balaban J connectivity index is 1.84. The van der Waals surface area contributed by atoms with Gasteiger partial charge >= 0.3 is 0 Å². The lowest BCUT2D eigenvalue weighted by molar-refractivity contribution is -0.00615. The minimum atomic E-state index is -0.382. The fourth-order valence-electron chi connectivity index (χ4n) is 4.87. The molecule has 1 N–H and O–H groups in total. The molecule has 1 aromatic rings. The van der Waals surface area contributed by atoms with Gasteiger partial charge in [-0.05, 0) is 56.2 Å². The van der Waals surface area contributed by atoms with Crippen molar-refractivity contribution in [2.75, 3.05) is 7.11 Å². The molecule has 1 unspecified atom stereocenters. The van der Waals surface area contributed by atoms with Crippen LogP contribution in [0.4, 0.5) is 0 Å². The number of hydrogen-bond acceptors (Lipinski definition) is 3. The molecule has 1 atom stereocenters. The first-order valence-corrected chi connectivity index (χ1v) is 9.96. The number of aliphatic imine (C=N–C) groups is 1. The molecule has 4 rings (SSSR count). The molecule has 1 aromatic carbocycles. The van der Waals surface area contributed by atoms with Crippen molar-refractivity contribution in [3.05, 3.63) is 33.8 Å². The van der Waals surface area contributed by atoms with E-state index in [2.05, 4.69) is 46.4 Å². The summed E-state index contributed by atoms with van der Waals surface area (Å²) in [7, 11) is 1.83. The number of ether oxygens (including phenoxy) is 1. The molecule has 1 saturated carbocycles. The number of nitrogens with zero attached hydrogens (tertiary/aromatic N) is 1. The standard InChI is InChI=1S/C19H23BrN2OS/c1-3-16-17(24)22-19(21-16)15-10-13(20)5-4-12(15)11-18(19)8-6-14(23-2)7-9-18/h4-5,10,14H,3,6-9,11H2,1-2H3,(H,22,24).